The molecule has 0 aromatic heterocycles. The SMILES string of the molecule is C=C(C/C=C(/C(=C)C)N(C=C(C)C)C(=C)C)C(=C)NCC1=C(C)CC=C(C(=C)CC)C=C1. The first-order valence-electron chi connectivity index (χ1n) is 11.3. The van der Waals surface area contributed by atoms with Crippen molar-refractivity contribution in [1.29, 1.82) is 0 Å². The molecule has 0 aromatic carbocycles. The van der Waals surface area contributed by atoms with Gasteiger partial charge in [-0.05, 0) is 81.7 Å². The molecule has 32 heavy (non-hydrogen) atoms. The summed E-state index contributed by atoms with van der Waals surface area (Å²) in [6, 6.07) is 0. The Morgan fingerprint density at radius 2 is 1.72 bits per heavy atom. The molecule has 0 amide bonds. The maximum Gasteiger partial charge on any atom is 0.0438 e. The third-order valence-electron chi connectivity index (χ3n) is 5.43. The predicted octanol–water partition coefficient (Wildman–Crippen LogP) is 8.42. The van der Waals surface area contributed by atoms with Gasteiger partial charge in [0.05, 0.1) is 0 Å². The summed E-state index contributed by atoms with van der Waals surface area (Å²) >= 11 is 0. The molecule has 1 aliphatic carbocycles. The predicted molar refractivity (Wildman–Crippen MR) is 144 cm³/mol. The Hall–Kier alpha value is -3.00. The van der Waals surface area contributed by atoms with Gasteiger partial charge in [-0.15, -0.1) is 0 Å². The topological polar surface area (TPSA) is 15.3 Å². The minimum atomic E-state index is 0.685. The molecule has 0 bridgehead atoms. The van der Waals surface area contributed by atoms with Crippen LogP contribution in [0.15, 0.2) is 120 Å². The van der Waals surface area contributed by atoms with Gasteiger partial charge in [-0.3, -0.25) is 0 Å². The van der Waals surface area contributed by atoms with Crippen LogP contribution >= 0.6 is 0 Å². The summed E-state index contributed by atoms with van der Waals surface area (Å²) in [5.41, 5.74) is 11.0. The Labute approximate surface area is 197 Å². The second-order valence-electron chi connectivity index (χ2n) is 8.78. The summed E-state index contributed by atoms with van der Waals surface area (Å²) in [6.07, 6.45) is 13.5. The van der Waals surface area contributed by atoms with E-state index >= 15 is 0 Å². The molecule has 2 nitrogen and oxygen atoms in total. The van der Waals surface area contributed by atoms with Crippen molar-refractivity contribution in [1.82, 2.24) is 10.2 Å². The van der Waals surface area contributed by atoms with Crippen LogP contribution in [0.5, 0.6) is 0 Å². The standard InChI is InChI=1S/C30H42N2/c1-12-24(8)28-15-13-26(10)29(17-16-28)19-31-27(11)25(9)14-18-30(22(4)5)32(23(6)7)20-21(2)3/h15-18,20,31H,4,6,8-9,11-14,19H2,1-3,5,7,10H3/b30-18-. The molecule has 0 fully saturated rings. The lowest BCUT2D eigenvalue weighted by Gasteiger charge is -2.25. The smallest absolute Gasteiger partial charge is 0.0438 e. The van der Waals surface area contributed by atoms with E-state index in [1.165, 1.54) is 27.9 Å². The summed E-state index contributed by atoms with van der Waals surface area (Å²) < 4.78 is 0. The van der Waals surface area contributed by atoms with Crippen molar-refractivity contribution in [2.75, 3.05) is 6.54 Å². The Morgan fingerprint density at radius 3 is 2.25 bits per heavy atom. The quantitative estimate of drug-likeness (QED) is 0.313. The van der Waals surface area contributed by atoms with Gasteiger partial charge in [0.25, 0.3) is 0 Å². The number of allylic oxidation sites excluding steroid dienone is 10. The van der Waals surface area contributed by atoms with Gasteiger partial charge >= 0.3 is 0 Å². The maximum atomic E-state index is 4.25. The molecule has 1 rings (SSSR count). The van der Waals surface area contributed by atoms with Gasteiger partial charge in [-0.1, -0.05) is 75.3 Å². The summed E-state index contributed by atoms with van der Waals surface area (Å²) in [7, 11) is 0. The van der Waals surface area contributed by atoms with Gasteiger partial charge in [0.1, 0.15) is 0 Å². The zero-order chi connectivity index (χ0) is 24.4. The first-order chi connectivity index (χ1) is 15.0. The summed E-state index contributed by atoms with van der Waals surface area (Å²) in [4.78, 5) is 2.08. The number of hydrogen-bond acceptors (Lipinski definition) is 2. The highest BCUT2D eigenvalue weighted by molar-refractivity contribution is 5.45. The minimum absolute atomic E-state index is 0.685. The largest absolute Gasteiger partial charge is 0.381 e. The monoisotopic (exact) mass is 430 g/mol. The van der Waals surface area contributed by atoms with E-state index in [4.69, 9.17) is 0 Å². The fourth-order valence-corrected chi connectivity index (χ4v) is 3.26. The van der Waals surface area contributed by atoms with Crippen LogP contribution in [0.3, 0.4) is 0 Å². The highest BCUT2D eigenvalue weighted by Gasteiger charge is 2.11. The molecule has 0 aromatic rings. The zero-order valence-corrected chi connectivity index (χ0v) is 21.2. The number of nitrogens with zero attached hydrogens (tertiary/aromatic N) is 1. The van der Waals surface area contributed by atoms with Crippen molar-refractivity contribution in [2.45, 2.75) is 60.8 Å². The van der Waals surface area contributed by atoms with E-state index in [9.17, 15) is 0 Å². The van der Waals surface area contributed by atoms with Crippen LogP contribution in [0.2, 0.25) is 0 Å². The summed E-state index contributed by atoms with van der Waals surface area (Å²) in [6.45, 7) is 34.1. The average Bonchev–Trinajstić information content (AvgIpc) is 2.91. The highest BCUT2D eigenvalue weighted by Crippen LogP contribution is 2.24. The molecular weight excluding hydrogens is 388 g/mol. The Bertz CT molecular complexity index is 937. The van der Waals surface area contributed by atoms with E-state index in [0.29, 0.717) is 6.42 Å². The molecule has 0 heterocycles. The lowest BCUT2D eigenvalue weighted by atomic mass is 10.0. The van der Waals surface area contributed by atoms with Gasteiger partial charge < -0.3 is 10.2 Å². The molecule has 172 valence electrons. The molecule has 2 heteroatoms. The molecule has 0 radical (unpaired) electrons. The Balaban J connectivity index is 2.85. The maximum absolute atomic E-state index is 4.25. The summed E-state index contributed by atoms with van der Waals surface area (Å²) in [5, 5.41) is 3.46. The third kappa shape index (κ3) is 8.26. The van der Waals surface area contributed by atoms with Crippen LogP contribution in [0.1, 0.15) is 60.8 Å². The van der Waals surface area contributed by atoms with Crippen molar-refractivity contribution in [3.05, 3.63) is 120 Å². The molecular formula is C30H42N2. The molecule has 0 spiro atoms. The highest BCUT2D eigenvalue weighted by atomic mass is 15.1. The van der Waals surface area contributed by atoms with Gasteiger partial charge in [-0.2, -0.15) is 0 Å². The third-order valence-corrected chi connectivity index (χ3v) is 5.43. The Morgan fingerprint density at radius 1 is 1.06 bits per heavy atom. The molecule has 0 atom stereocenters. The van der Waals surface area contributed by atoms with E-state index in [-0.39, 0.29) is 0 Å². The van der Waals surface area contributed by atoms with Crippen LogP contribution in [-0.2, 0) is 0 Å². The Kier molecular flexibility index (Phi) is 10.8. The normalized spacial score (nSPS) is 13.7. The number of hydrogen-bond donors (Lipinski definition) is 1. The molecule has 1 aliphatic rings. The van der Waals surface area contributed by atoms with Crippen LogP contribution in [0.4, 0.5) is 0 Å². The lowest BCUT2D eigenvalue weighted by molar-refractivity contribution is 0.579. The molecule has 0 aliphatic heterocycles. The van der Waals surface area contributed by atoms with Crippen molar-refractivity contribution in [3.8, 4) is 0 Å². The van der Waals surface area contributed by atoms with E-state index in [1.54, 1.807) is 0 Å². The van der Waals surface area contributed by atoms with E-state index < -0.39 is 0 Å². The van der Waals surface area contributed by atoms with Gasteiger partial charge in [0, 0.05) is 29.8 Å². The van der Waals surface area contributed by atoms with Crippen molar-refractivity contribution < 1.29 is 0 Å². The van der Waals surface area contributed by atoms with E-state index in [2.05, 4.69) is 101 Å². The van der Waals surface area contributed by atoms with Gasteiger partial charge in [0.2, 0.25) is 0 Å². The first-order valence-corrected chi connectivity index (χ1v) is 11.3. The first kappa shape index (κ1) is 27.0. The number of nitrogens with one attached hydrogen (secondary N) is 1. The molecule has 0 saturated carbocycles. The molecule has 0 saturated heterocycles. The summed E-state index contributed by atoms with van der Waals surface area (Å²) in [5.74, 6) is 0. The second kappa shape index (κ2) is 12.8. The van der Waals surface area contributed by atoms with E-state index in [0.717, 1.165) is 47.6 Å². The zero-order valence-electron chi connectivity index (χ0n) is 21.2. The van der Waals surface area contributed by atoms with Crippen molar-refractivity contribution in [2.24, 2.45) is 0 Å². The van der Waals surface area contributed by atoms with Crippen LogP contribution in [-0.4, -0.2) is 11.4 Å². The van der Waals surface area contributed by atoms with Crippen LogP contribution in [0, 0.1) is 0 Å². The average molecular weight is 431 g/mol. The second-order valence-corrected chi connectivity index (χ2v) is 8.78. The molecule has 1 N–H and O–H groups in total. The van der Waals surface area contributed by atoms with E-state index in [1.807, 2.05) is 13.8 Å². The van der Waals surface area contributed by atoms with Gasteiger partial charge in [0.15, 0.2) is 0 Å². The van der Waals surface area contributed by atoms with Crippen LogP contribution in [0.25, 0.3) is 0 Å². The number of rotatable bonds is 12. The minimum Gasteiger partial charge on any atom is -0.381 e. The van der Waals surface area contributed by atoms with Crippen molar-refractivity contribution in [3.63, 3.8) is 0 Å². The van der Waals surface area contributed by atoms with Crippen LogP contribution < -0.4 is 5.32 Å². The van der Waals surface area contributed by atoms with Crippen molar-refractivity contribution >= 4 is 0 Å². The fraction of sp³-hybridized carbons (Fsp3) is 0.333. The molecule has 0 unspecified atom stereocenters. The fourth-order valence-electron chi connectivity index (χ4n) is 3.26. The lowest BCUT2D eigenvalue weighted by Crippen LogP contribution is -2.18. The van der Waals surface area contributed by atoms with Gasteiger partial charge in [-0.25, -0.2) is 0 Å².